The Kier molecular flexibility index (Phi) is 7.41. The average Bonchev–Trinajstić information content (AvgIpc) is 3.58. The number of rotatable bonds is 9. The van der Waals surface area contributed by atoms with Gasteiger partial charge in [0, 0.05) is 37.2 Å². The lowest BCUT2D eigenvalue weighted by Crippen LogP contribution is -2.33. The van der Waals surface area contributed by atoms with Crippen LogP contribution in [0.1, 0.15) is 57.5 Å². The molecule has 6 nitrogen and oxygen atoms in total. The number of nitrogens with zero attached hydrogens (tertiary/aromatic N) is 1. The van der Waals surface area contributed by atoms with E-state index in [9.17, 15) is 9.90 Å². The van der Waals surface area contributed by atoms with Crippen LogP contribution in [0.3, 0.4) is 0 Å². The summed E-state index contributed by atoms with van der Waals surface area (Å²) in [5, 5.41) is 15.2. The molecule has 1 aliphatic rings. The number of ether oxygens (including phenoxy) is 2. The first-order chi connectivity index (χ1) is 17.6. The molecular weight excluding hydrogens is 472 g/mol. The van der Waals surface area contributed by atoms with Crippen LogP contribution >= 0.6 is 11.3 Å². The van der Waals surface area contributed by atoms with Gasteiger partial charge in [-0.2, -0.15) is 11.3 Å². The number of hydrogen-bond acceptors (Lipinski definition) is 5. The summed E-state index contributed by atoms with van der Waals surface area (Å²) in [6.07, 6.45) is 5.16. The molecule has 2 aromatic heterocycles. The number of hydrogen-bond donors (Lipinski definition) is 2. The Morgan fingerprint density at radius 2 is 2.00 bits per heavy atom. The zero-order valence-electron chi connectivity index (χ0n) is 20.7. The Hall–Kier alpha value is -3.13. The van der Waals surface area contributed by atoms with Crippen molar-refractivity contribution < 1.29 is 19.4 Å². The van der Waals surface area contributed by atoms with Gasteiger partial charge >= 0.3 is 5.97 Å². The Morgan fingerprint density at radius 1 is 1.17 bits per heavy atom. The number of aromatic carboxylic acids is 1. The molecule has 4 aromatic rings. The number of likely N-dealkylation sites (tertiary alicyclic amines) is 1. The van der Waals surface area contributed by atoms with E-state index in [1.165, 1.54) is 27.6 Å². The summed E-state index contributed by atoms with van der Waals surface area (Å²) in [5.41, 5.74) is 6.20. The second kappa shape index (κ2) is 10.9. The first kappa shape index (κ1) is 24.6. The van der Waals surface area contributed by atoms with Crippen LogP contribution < -0.4 is 4.74 Å². The molecule has 188 valence electrons. The molecule has 7 heteroatoms. The number of carbonyl (C=O) groups is 1. The summed E-state index contributed by atoms with van der Waals surface area (Å²) >= 11 is 1.70. The Bertz CT molecular complexity index is 1320. The van der Waals surface area contributed by atoms with Crippen molar-refractivity contribution in [3.8, 4) is 5.75 Å². The minimum Gasteiger partial charge on any atom is -0.497 e. The van der Waals surface area contributed by atoms with Crippen LogP contribution in [0.5, 0.6) is 5.75 Å². The molecule has 0 amide bonds. The molecular formula is C29H32N2O4S. The zero-order valence-corrected chi connectivity index (χ0v) is 21.5. The van der Waals surface area contributed by atoms with Crippen molar-refractivity contribution in [3.63, 3.8) is 0 Å². The molecule has 2 N–H and O–H groups in total. The van der Waals surface area contributed by atoms with Crippen LogP contribution in [-0.4, -0.2) is 48.3 Å². The molecule has 0 bridgehead atoms. The largest absolute Gasteiger partial charge is 0.497 e. The highest BCUT2D eigenvalue weighted by Crippen LogP contribution is 2.35. The van der Waals surface area contributed by atoms with Crippen molar-refractivity contribution >= 4 is 28.2 Å². The van der Waals surface area contributed by atoms with Gasteiger partial charge in [0.05, 0.1) is 18.8 Å². The summed E-state index contributed by atoms with van der Waals surface area (Å²) in [4.78, 5) is 17.5. The Morgan fingerprint density at radius 3 is 2.69 bits per heavy atom. The number of thiophene rings is 1. The molecule has 3 heterocycles. The van der Waals surface area contributed by atoms with Crippen LogP contribution in [0.4, 0.5) is 0 Å². The third kappa shape index (κ3) is 5.19. The van der Waals surface area contributed by atoms with Gasteiger partial charge in [0.2, 0.25) is 0 Å². The SMILES string of the molecule is COc1ccc(C(=O)O)c(CN2CCC(c3c[nH]c4ccc(CC(OC)c5ccsc5)cc34)CC2)c1. The molecule has 1 fully saturated rings. The van der Waals surface area contributed by atoms with Crippen molar-refractivity contribution in [2.45, 2.75) is 37.8 Å². The average molecular weight is 505 g/mol. The standard InChI is InChI=1S/C29H32N2O4S/c1-34-23-4-5-24(29(32)33)22(15-23)17-31-10-7-20(8-11-31)26-16-30-27-6-3-19(13-25(26)27)14-28(35-2)21-9-12-36-18-21/h3-6,9,12-13,15-16,18,20,28,30H,7-8,10-11,14,17H2,1-2H3,(H,32,33). The number of carboxylic acids is 1. The fourth-order valence-electron chi connectivity index (χ4n) is 5.34. The quantitative estimate of drug-likeness (QED) is 0.282. The summed E-state index contributed by atoms with van der Waals surface area (Å²) in [7, 11) is 3.39. The second-order valence-corrected chi connectivity index (χ2v) is 10.3. The molecule has 1 aliphatic heterocycles. The molecule has 0 radical (unpaired) electrons. The molecule has 5 rings (SSSR count). The maximum atomic E-state index is 11.7. The van der Waals surface area contributed by atoms with Crippen LogP contribution in [0.15, 0.2) is 59.4 Å². The minimum absolute atomic E-state index is 0.0617. The molecule has 1 atom stereocenters. The van der Waals surface area contributed by atoms with Gasteiger partial charge in [-0.1, -0.05) is 6.07 Å². The van der Waals surface area contributed by atoms with Crippen molar-refractivity contribution in [1.29, 1.82) is 0 Å². The summed E-state index contributed by atoms with van der Waals surface area (Å²) in [6, 6.07) is 14.0. The number of methoxy groups -OCH3 is 2. The van der Waals surface area contributed by atoms with Gasteiger partial charge in [-0.25, -0.2) is 4.79 Å². The first-order valence-corrected chi connectivity index (χ1v) is 13.3. The van der Waals surface area contributed by atoms with E-state index in [1.54, 1.807) is 37.7 Å². The van der Waals surface area contributed by atoms with Gasteiger partial charge in [-0.3, -0.25) is 4.90 Å². The molecule has 1 saturated heterocycles. The molecule has 1 unspecified atom stereocenters. The van der Waals surface area contributed by atoms with Crippen molar-refractivity contribution in [3.05, 3.63) is 87.2 Å². The fourth-order valence-corrected chi connectivity index (χ4v) is 6.04. The second-order valence-electron chi connectivity index (χ2n) is 9.49. The third-order valence-corrected chi connectivity index (χ3v) is 8.06. The number of nitrogens with one attached hydrogen (secondary N) is 1. The van der Waals surface area contributed by atoms with Crippen LogP contribution in [0, 0.1) is 0 Å². The number of H-pyrrole nitrogens is 1. The lowest BCUT2D eigenvalue weighted by atomic mass is 9.88. The normalized spacial score (nSPS) is 15.8. The van der Waals surface area contributed by atoms with E-state index >= 15 is 0 Å². The van der Waals surface area contributed by atoms with Crippen molar-refractivity contribution in [1.82, 2.24) is 9.88 Å². The summed E-state index contributed by atoms with van der Waals surface area (Å²) in [6.45, 7) is 2.47. The molecule has 0 aliphatic carbocycles. The van der Waals surface area contributed by atoms with Crippen LogP contribution in [-0.2, 0) is 17.7 Å². The van der Waals surface area contributed by atoms with E-state index in [0.29, 0.717) is 23.8 Å². The van der Waals surface area contributed by atoms with Gasteiger partial charge in [-0.15, -0.1) is 0 Å². The smallest absolute Gasteiger partial charge is 0.336 e. The van der Waals surface area contributed by atoms with Crippen molar-refractivity contribution in [2.75, 3.05) is 27.3 Å². The lowest BCUT2D eigenvalue weighted by Gasteiger charge is -2.32. The number of fused-ring (bicyclic) bond motifs is 1. The summed E-state index contributed by atoms with van der Waals surface area (Å²) in [5.74, 6) is 0.269. The lowest BCUT2D eigenvalue weighted by molar-refractivity contribution is 0.0694. The highest BCUT2D eigenvalue weighted by atomic mass is 32.1. The molecule has 36 heavy (non-hydrogen) atoms. The zero-order chi connectivity index (χ0) is 25.1. The van der Waals surface area contributed by atoms with Crippen LogP contribution in [0.2, 0.25) is 0 Å². The van der Waals surface area contributed by atoms with E-state index in [2.05, 4.69) is 51.1 Å². The third-order valence-electron chi connectivity index (χ3n) is 7.36. The van der Waals surface area contributed by atoms with E-state index in [1.807, 2.05) is 6.07 Å². The Balaban J connectivity index is 1.28. The van der Waals surface area contributed by atoms with Gasteiger partial charge < -0.3 is 19.6 Å². The number of aromatic nitrogens is 1. The maximum Gasteiger partial charge on any atom is 0.336 e. The molecule has 0 spiro atoms. The highest BCUT2D eigenvalue weighted by Gasteiger charge is 2.24. The summed E-state index contributed by atoms with van der Waals surface area (Å²) < 4.78 is 11.1. The fraction of sp³-hybridized carbons (Fsp3) is 0.345. The monoisotopic (exact) mass is 504 g/mol. The van der Waals surface area contributed by atoms with E-state index in [-0.39, 0.29) is 6.10 Å². The predicted molar refractivity (Wildman–Crippen MR) is 143 cm³/mol. The molecule has 2 aromatic carbocycles. The minimum atomic E-state index is -0.896. The van der Waals surface area contributed by atoms with E-state index in [0.717, 1.165) is 37.9 Å². The maximum absolute atomic E-state index is 11.7. The molecule has 0 saturated carbocycles. The number of piperidine rings is 1. The highest BCUT2D eigenvalue weighted by molar-refractivity contribution is 7.07. The van der Waals surface area contributed by atoms with Crippen LogP contribution in [0.25, 0.3) is 10.9 Å². The first-order valence-electron chi connectivity index (χ1n) is 12.3. The van der Waals surface area contributed by atoms with E-state index in [4.69, 9.17) is 9.47 Å². The van der Waals surface area contributed by atoms with Gasteiger partial charge in [-0.05, 0) is 101 Å². The number of aromatic amines is 1. The van der Waals surface area contributed by atoms with Gasteiger partial charge in [0.1, 0.15) is 5.75 Å². The van der Waals surface area contributed by atoms with Gasteiger partial charge in [0.15, 0.2) is 0 Å². The predicted octanol–water partition coefficient (Wildman–Crippen LogP) is 6.25. The Labute approximate surface area is 215 Å². The van der Waals surface area contributed by atoms with Gasteiger partial charge in [0.25, 0.3) is 0 Å². The van der Waals surface area contributed by atoms with Crippen molar-refractivity contribution in [2.24, 2.45) is 0 Å². The topological polar surface area (TPSA) is 74.8 Å². The number of carboxylic acid groups (broad SMARTS) is 1. The number of benzene rings is 2. The van der Waals surface area contributed by atoms with E-state index < -0.39 is 5.97 Å².